The van der Waals surface area contributed by atoms with Gasteiger partial charge in [0.2, 0.25) is 0 Å². The molecule has 0 bridgehead atoms. The van der Waals surface area contributed by atoms with Crippen LogP contribution in [0.1, 0.15) is 0 Å². The van der Waals surface area contributed by atoms with Crippen molar-refractivity contribution in [2.75, 3.05) is 19.4 Å². The van der Waals surface area contributed by atoms with Crippen molar-refractivity contribution in [3.63, 3.8) is 0 Å². The fraction of sp³-hybridized carbons (Fsp3) is 1.00. The molecule has 1 nitrogen and oxygen atoms in total. The first-order valence-electron chi connectivity index (χ1n) is 1.86. The normalized spacial score (nSPS) is 11.9. The van der Waals surface area contributed by atoms with E-state index >= 15 is 0 Å². The summed E-state index contributed by atoms with van der Waals surface area (Å²) in [5.74, 6) is 0. The Balaban J connectivity index is 3.36. The molecule has 0 aromatic carbocycles. The van der Waals surface area contributed by atoms with Gasteiger partial charge in [-0.1, -0.05) is 20.1 Å². The van der Waals surface area contributed by atoms with Gasteiger partial charge in [-0.15, -0.1) is 0 Å². The predicted octanol–water partition coefficient (Wildman–Crippen LogP) is 2.45. The monoisotopic (exact) mass is 158 g/mol. The summed E-state index contributed by atoms with van der Waals surface area (Å²) >= 11 is 5.26. The lowest BCUT2D eigenvalue weighted by Crippen LogP contribution is -1.77. The molecule has 0 aromatic rings. The lowest BCUT2D eigenvalue weighted by atomic mass is 11.7. The highest BCUT2D eigenvalue weighted by molar-refractivity contribution is 7.94. The van der Waals surface area contributed by atoms with Crippen LogP contribution in [0.2, 0.25) is 0 Å². The van der Waals surface area contributed by atoms with Crippen molar-refractivity contribution in [1.29, 1.82) is 0 Å². The van der Waals surface area contributed by atoms with E-state index in [0.717, 1.165) is 0 Å². The molecule has 0 aliphatic carbocycles. The summed E-state index contributed by atoms with van der Waals surface area (Å²) in [4.78, 5) is 0. The van der Waals surface area contributed by atoms with Crippen LogP contribution in [-0.2, 0) is 4.52 Å². The number of hydrogen-bond donors (Lipinski definition) is 0. The fourth-order valence-corrected chi connectivity index (χ4v) is 1.54. The molecule has 0 aliphatic heterocycles. The third-order valence-corrected chi connectivity index (χ3v) is 1.79. The van der Waals surface area contributed by atoms with Crippen LogP contribution in [0.25, 0.3) is 0 Å². The SMILES string of the molecule is CP(C)(=P)OCCl. The average molecular weight is 159 g/mol. The first-order valence-corrected chi connectivity index (χ1v) is 6.33. The molecular weight excluding hydrogens is 149 g/mol. The standard InChI is InChI=1S/C3H9ClOP2/c1-7(2,6)5-3-4/h6H,3H2,1-2H3. The summed E-state index contributed by atoms with van der Waals surface area (Å²) in [7, 11) is 3.39. The van der Waals surface area contributed by atoms with Crippen molar-refractivity contribution in [2.24, 2.45) is 0 Å². The van der Waals surface area contributed by atoms with E-state index in [0.29, 0.717) is 0 Å². The zero-order valence-electron chi connectivity index (χ0n) is 4.44. The number of halogens is 1. The zero-order valence-corrected chi connectivity index (χ0v) is 7.09. The summed E-state index contributed by atoms with van der Waals surface area (Å²) in [6.07, 6.45) is 0. The van der Waals surface area contributed by atoms with Gasteiger partial charge in [-0.05, 0) is 13.3 Å². The quantitative estimate of drug-likeness (QED) is 0.443. The minimum Gasteiger partial charge on any atom is -0.342 e. The molecule has 0 amide bonds. The van der Waals surface area contributed by atoms with E-state index in [1.807, 2.05) is 13.3 Å². The van der Waals surface area contributed by atoms with Crippen LogP contribution in [0.4, 0.5) is 0 Å². The van der Waals surface area contributed by atoms with Crippen LogP contribution in [0.3, 0.4) is 0 Å². The molecule has 0 atom stereocenters. The van der Waals surface area contributed by atoms with Gasteiger partial charge in [0.1, 0.15) is 6.07 Å². The van der Waals surface area contributed by atoms with Crippen LogP contribution in [0, 0.1) is 0 Å². The van der Waals surface area contributed by atoms with E-state index in [9.17, 15) is 0 Å². The molecule has 0 N–H and O–H groups in total. The number of alkyl halides is 1. The summed E-state index contributed by atoms with van der Waals surface area (Å²) in [6.45, 7) is 2.74. The minimum absolute atomic E-state index is 0.282. The maximum absolute atomic E-state index is 5.26. The molecule has 7 heavy (non-hydrogen) atoms. The van der Waals surface area contributed by atoms with Gasteiger partial charge >= 0.3 is 0 Å². The molecule has 0 spiro atoms. The second-order valence-electron chi connectivity index (χ2n) is 1.59. The van der Waals surface area contributed by atoms with Crippen LogP contribution in [0.5, 0.6) is 0 Å². The minimum atomic E-state index is -1.24. The Morgan fingerprint density at radius 1 is 1.71 bits per heavy atom. The molecule has 0 heterocycles. The Labute approximate surface area is 51.5 Å². The van der Waals surface area contributed by atoms with E-state index in [2.05, 4.69) is 8.53 Å². The summed E-state index contributed by atoms with van der Waals surface area (Å²) < 4.78 is 5.02. The second-order valence-corrected chi connectivity index (χ2v) is 8.00. The highest BCUT2D eigenvalue weighted by atomic mass is 35.5. The summed E-state index contributed by atoms with van der Waals surface area (Å²) in [6, 6.07) is 0.282. The highest BCUT2D eigenvalue weighted by Gasteiger charge is 1.94. The lowest BCUT2D eigenvalue weighted by Gasteiger charge is -2.07. The van der Waals surface area contributed by atoms with E-state index in [1.54, 1.807) is 0 Å². The molecule has 0 unspecified atom stereocenters. The first-order chi connectivity index (χ1) is 3.06. The Morgan fingerprint density at radius 2 is 2.14 bits per heavy atom. The summed E-state index contributed by atoms with van der Waals surface area (Å²) in [5, 5.41) is 0. The van der Waals surface area contributed by atoms with E-state index < -0.39 is 6.78 Å². The average Bonchev–Trinajstić information content (AvgIpc) is 1.30. The predicted molar refractivity (Wildman–Crippen MR) is 38.9 cm³/mol. The van der Waals surface area contributed by atoms with Gasteiger partial charge in [-0.3, -0.25) is 0 Å². The maximum atomic E-state index is 5.26. The van der Waals surface area contributed by atoms with Gasteiger partial charge in [0, 0.05) is 6.78 Å². The Kier molecular flexibility index (Phi) is 3.53. The topological polar surface area (TPSA) is 9.23 Å². The lowest BCUT2D eigenvalue weighted by molar-refractivity contribution is 0.436. The van der Waals surface area contributed by atoms with Crippen molar-refractivity contribution in [2.45, 2.75) is 0 Å². The van der Waals surface area contributed by atoms with Gasteiger partial charge in [-0.2, -0.15) is 0 Å². The van der Waals surface area contributed by atoms with Crippen molar-refractivity contribution < 1.29 is 4.52 Å². The molecule has 0 rings (SSSR count). The molecule has 0 aromatic heterocycles. The molecule has 0 saturated heterocycles. The highest BCUT2D eigenvalue weighted by Crippen LogP contribution is 2.44. The van der Waals surface area contributed by atoms with Crippen LogP contribution >= 0.6 is 26.9 Å². The maximum Gasteiger partial charge on any atom is 0.125 e. The third kappa shape index (κ3) is 6.98. The second kappa shape index (κ2) is 3.10. The smallest absolute Gasteiger partial charge is 0.125 e. The van der Waals surface area contributed by atoms with Crippen molar-refractivity contribution in [3.8, 4) is 0 Å². The van der Waals surface area contributed by atoms with E-state index in [-0.39, 0.29) is 6.07 Å². The van der Waals surface area contributed by atoms with Gasteiger partial charge < -0.3 is 4.52 Å². The van der Waals surface area contributed by atoms with Gasteiger partial charge in [-0.25, -0.2) is 0 Å². The van der Waals surface area contributed by atoms with Crippen LogP contribution in [0.15, 0.2) is 0 Å². The van der Waals surface area contributed by atoms with Gasteiger partial charge in [0.05, 0.1) is 0 Å². The molecule has 0 fully saturated rings. The molecular formula is C3H9ClOP2. The zero-order chi connectivity index (χ0) is 5.91. The van der Waals surface area contributed by atoms with Crippen molar-refractivity contribution in [3.05, 3.63) is 0 Å². The Bertz CT molecular complexity index is 86.9. The van der Waals surface area contributed by atoms with Crippen LogP contribution in [-0.4, -0.2) is 19.4 Å². The largest absolute Gasteiger partial charge is 0.342 e. The first kappa shape index (κ1) is 7.98. The van der Waals surface area contributed by atoms with Gasteiger partial charge in [0.15, 0.2) is 0 Å². The summed E-state index contributed by atoms with van der Waals surface area (Å²) in [5.41, 5.74) is 0. The molecule has 4 heteroatoms. The fourth-order valence-electron chi connectivity index (χ4n) is 0.122. The van der Waals surface area contributed by atoms with E-state index in [1.165, 1.54) is 0 Å². The van der Waals surface area contributed by atoms with E-state index in [4.69, 9.17) is 16.1 Å². The molecule has 0 saturated carbocycles. The van der Waals surface area contributed by atoms with Gasteiger partial charge in [0.25, 0.3) is 0 Å². The van der Waals surface area contributed by atoms with Crippen molar-refractivity contribution in [1.82, 2.24) is 0 Å². The third-order valence-electron chi connectivity index (χ3n) is 0.372. The molecule has 0 radical (unpaired) electrons. The molecule has 44 valence electrons. The number of rotatable bonds is 2. The Hall–Kier alpha value is 0.980. The van der Waals surface area contributed by atoms with Crippen molar-refractivity contribution >= 4 is 26.9 Å². The van der Waals surface area contributed by atoms with Crippen LogP contribution < -0.4 is 0 Å². The number of hydrogen-bond acceptors (Lipinski definition) is 1. The Morgan fingerprint density at radius 3 is 2.14 bits per heavy atom. The molecule has 0 aliphatic rings.